The van der Waals surface area contributed by atoms with Crippen molar-refractivity contribution >= 4 is 24.2 Å². The van der Waals surface area contributed by atoms with Crippen molar-refractivity contribution in [2.75, 3.05) is 0 Å². The Morgan fingerprint density at radius 2 is 2.08 bits per heavy atom. The van der Waals surface area contributed by atoms with Gasteiger partial charge in [-0.3, -0.25) is 0 Å². The summed E-state index contributed by atoms with van der Waals surface area (Å²) in [7, 11) is -1.59. The van der Waals surface area contributed by atoms with Gasteiger partial charge in [-0.15, -0.1) is 0 Å². The van der Waals surface area contributed by atoms with E-state index in [9.17, 15) is 0 Å². The molecule has 0 amide bonds. The summed E-state index contributed by atoms with van der Waals surface area (Å²) < 4.78 is 0. The zero-order valence-electron chi connectivity index (χ0n) is 6.95. The molecule has 0 radical (unpaired) electrons. The molecule has 0 unspecified atom stereocenters. The second kappa shape index (κ2) is 3.80. The first-order chi connectivity index (χ1) is 6.06. The van der Waals surface area contributed by atoms with E-state index in [2.05, 4.69) is 0 Å². The first-order valence-electron chi connectivity index (χ1n) is 3.62. The third-order valence-corrected chi connectivity index (χ3v) is 2.18. The SMILES string of the molecule is Cc1c(Cl)cc(C#N)cc1B(O)O. The molecule has 0 bridgehead atoms. The van der Waals surface area contributed by atoms with Gasteiger partial charge in [-0.2, -0.15) is 5.26 Å². The first kappa shape index (κ1) is 10.1. The topological polar surface area (TPSA) is 64.2 Å². The molecule has 0 fully saturated rings. The minimum atomic E-state index is -1.59. The number of nitrogens with zero attached hydrogens (tertiary/aromatic N) is 1. The molecule has 0 atom stereocenters. The molecule has 0 spiro atoms. The van der Waals surface area contributed by atoms with Crippen LogP contribution < -0.4 is 5.46 Å². The monoisotopic (exact) mass is 195 g/mol. The lowest BCUT2D eigenvalue weighted by Gasteiger charge is -2.06. The van der Waals surface area contributed by atoms with Crippen molar-refractivity contribution in [3.8, 4) is 6.07 Å². The maximum atomic E-state index is 8.94. The third kappa shape index (κ3) is 2.01. The fourth-order valence-corrected chi connectivity index (χ4v) is 1.26. The normalized spacial score (nSPS) is 9.46. The van der Waals surface area contributed by atoms with Crippen molar-refractivity contribution in [3.05, 3.63) is 28.3 Å². The molecule has 0 saturated carbocycles. The van der Waals surface area contributed by atoms with Crippen LogP contribution in [0.25, 0.3) is 0 Å². The van der Waals surface area contributed by atoms with E-state index in [1.807, 2.05) is 6.07 Å². The second-order valence-electron chi connectivity index (χ2n) is 2.66. The van der Waals surface area contributed by atoms with E-state index in [1.54, 1.807) is 6.92 Å². The highest BCUT2D eigenvalue weighted by Gasteiger charge is 2.16. The van der Waals surface area contributed by atoms with Crippen molar-refractivity contribution in [1.29, 1.82) is 5.26 Å². The second-order valence-corrected chi connectivity index (χ2v) is 3.06. The summed E-state index contributed by atoms with van der Waals surface area (Å²) in [6.07, 6.45) is 0. The van der Waals surface area contributed by atoms with Gasteiger partial charge < -0.3 is 10.0 Å². The van der Waals surface area contributed by atoms with E-state index in [0.29, 0.717) is 16.1 Å². The average molecular weight is 195 g/mol. The average Bonchev–Trinajstić information content (AvgIpc) is 2.09. The van der Waals surface area contributed by atoms with Crippen LogP contribution in [0.2, 0.25) is 5.02 Å². The van der Waals surface area contributed by atoms with Crippen LogP contribution in [0.15, 0.2) is 12.1 Å². The summed E-state index contributed by atoms with van der Waals surface area (Å²) in [5.41, 5.74) is 1.17. The van der Waals surface area contributed by atoms with Crippen LogP contribution >= 0.6 is 11.6 Å². The molecule has 1 aromatic rings. The van der Waals surface area contributed by atoms with Crippen molar-refractivity contribution in [2.45, 2.75) is 6.92 Å². The number of hydrogen-bond donors (Lipinski definition) is 2. The van der Waals surface area contributed by atoms with Crippen LogP contribution in [0.3, 0.4) is 0 Å². The van der Waals surface area contributed by atoms with Gasteiger partial charge in [-0.25, -0.2) is 0 Å². The molecule has 0 aliphatic carbocycles. The predicted octanol–water partition coefficient (Wildman–Crippen LogP) is 0.200. The summed E-state index contributed by atoms with van der Waals surface area (Å²) in [4.78, 5) is 0. The van der Waals surface area contributed by atoms with Gasteiger partial charge in [0.15, 0.2) is 0 Å². The molecular weight excluding hydrogens is 188 g/mol. The molecule has 0 aliphatic heterocycles. The van der Waals surface area contributed by atoms with Gasteiger partial charge in [0.2, 0.25) is 0 Å². The van der Waals surface area contributed by atoms with E-state index >= 15 is 0 Å². The summed E-state index contributed by atoms with van der Waals surface area (Å²) in [6, 6.07) is 4.78. The van der Waals surface area contributed by atoms with E-state index in [4.69, 9.17) is 26.9 Å². The Balaban J connectivity index is 3.35. The van der Waals surface area contributed by atoms with E-state index in [-0.39, 0.29) is 5.46 Å². The molecule has 3 nitrogen and oxygen atoms in total. The lowest BCUT2D eigenvalue weighted by Crippen LogP contribution is -2.32. The van der Waals surface area contributed by atoms with Crippen LogP contribution in [0.5, 0.6) is 0 Å². The fraction of sp³-hybridized carbons (Fsp3) is 0.125. The largest absolute Gasteiger partial charge is 0.488 e. The Kier molecular flexibility index (Phi) is 2.94. The lowest BCUT2D eigenvalue weighted by atomic mass is 9.76. The van der Waals surface area contributed by atoms with E-state index in [0.717, 1.165) is 0 Å². The van der Waals surface area contributed by atoms with Crippen molar-refractivity contribution in [1.82, 2.24) is 0 Å². The van der Waals surface area contributed by atoms with Gasteiger partial charge in [0.1, 0.15) is 0 Å². The predicted molar refractivity (Wildman–Crippen MR) is 50.7 cm³/mol. The highest BCUT2D eigenvalue weighted by Crippen LogP contribution is 2.14. The fourth-order valence-electron chi connectivity index (χ4n) is 1.03. The number of halogens is 1. The highest BCUT2D eigenvalue weighted by atomic mass is 35.5. The first-order valence-corrected chi connectivity index (χ1v) is 4.00. The van der Waals surface area contributed by atoms with Gasteiger partial charge in [-0.05, 0) is 30.1 Å². The van der Waals surface area contributed by atoms with Gasteiger partial charge in [0, 0.05) is 5.02 Å². The molecule has 5 heteroatoms. The lowest BCUT2D eigenvalue weighted by molar-refractivity contribution is 0.425. The Hall–Kier alpha value is -1.02. The summed E-state index contributed by atoms with van der Waals surface area (Å²) in [5, 5.41) is 26.8. The Morgan fingerprint density at radius 1 is 1.46 bits per heavy atom. The molecule has 0 aromatic heterocycles. The summed E-state index contributed by atoms with van der Waals surface area (Å²) in [6.45, 7) is 1.66. The maximum absolute atomic E-state index is 8.94. The maximum Gasteiger partial charge on any atom is 0.488 e. The van der Waals surface area contributed by atoms with Crippen molar-refractivity contribution < 1.29 is 10.0 Å². The van der Waals surface area contributed by atoms with Crippen molar-refractivity contribution in [2.24, 2.45) is 0 Å². The number of nitriles is 1. The molecule has 0 aliphatic rings. The van der Waals surface area contributed by atoms with E-state index < -0.39 is 7.12 Å². The molecule has 1 rings (SSSR count). The zero-order valence-corrected chi connectivity index (χ0v) is 7.71. The Labute approximate surface area is 81.3 Å². The van der Waals surface area contributed by atoms with Crippen LogP contribution in [-0.4, -0.2) is 17.2 Å². The minimum Gasteiger partial charge on any atom is -0.423 e. The molecule has 0 heterocycles. The quantitative estimate of drug-likeness (QED) is 0.629. The third-order valence-electron chi connectivity index (χ3n) is 1.79. The molecule has 2 N–H and O–H groups in total. The van der Waals surface area contributed by atoms with Crippen molar-refractivity contribution in [3.63, 3.8) is 0 Å². The number of rotatable bonds is 1. The van der Waals surface area contributed by atoms with Crippen LogP contribution in [0.1, 0.15) is 11.1 Å². The summed E-state index contributed by atoms with van der Waals surface area (Å²) >= 11 is 5.77. The molecule has 1 aromatic carbocycles. The Bertz CT molecular complexity index is 373. The van der Waals surface area contributed by atoms with Crippen LogP contribution in [0, 0.1) is 18.3 Å². The zero-order chi connectivity index (χ0) is 10.0. The summed E-state index contributed by atoms with van der Waals surface area (Å²) in [5.74, 6) is 0. The van der Waals surface area contributed by atoms with Crippen LogP contribution in [-0.2, 0) is 0 Å². The Morgan fingerprint density at radius 3 is 2.54 bits per heavy atom. The van der Waals surface area contributed by atoms with Gasteiger partial charge in [0.25, 0.3) is 0 Å². The minimum absolute atomic E-state index is 0.268. The molecule has 13 heavy (non-hydrogen) atoms. The number of hydrogen-bond acceptors (Lipinski definition) is 3. The number of benzene rings is 1. The molecule has 66 valence electrons. The van der Waals surface area contributed by atoms with E-state index in [1.165, 1.54) is 12.1 Å². The van der Waals surface area contributed by atoms with Crippen LogP contribution in [0.4, 0.5) is 0 Å². The highest BCUT2D eigenvalue weighted by molar-refractivity contribution is 6.59. The van der Waals surface area contributed by atoms with Gasteiger partial charge in [0.05, 0.1) is 11.6 Å². The standard InChI is InChI=1S/C8H7BClNO2/c1-5-7(9(12)13)2-6(4-11)3-8(5)10/h2-3,12-13H,1H3. The van der Waals surface area contributed by atoms with Gasteiger partial charge >= 0.3 is 7.12 Å². The molecule has 0 saturated heterocycles. The smallest absolute Gasteiger partial charge is 0.423 e. The van der Waals surface area contributed by atoms with Gasteiger partial charge in [-0.1, -0.05) is 11.6 Å². The molecular formula is C8H7BClNO2.